The van der Waals surface area contributed by atoms with Gasteiger partial charge in [-0.1, -0.05) is 59.8 Å². The highest BCUT2D eigenvalue weighted by molar-refractivity contribution is 5.67. The molecule has 0 radical (unpaired) electrons. The molecular weight excluding hydrogens is 280 g/mol. The first-order chi connectivity index (χ1) is 10.2. The Hall–Kier alpha value is -1.06. The summed E-state index contributed by atoms with van der Waals surface area (Å²) in [5, 5.41) is 17.8. The quantitative estimate of drug-likeness (QED) is 0.471. The first-order valence-corrected chi connectivity index (χ1v) is 8.66. The SMILES string of the molecule is CC(C)C(CCCCCCCCC(=O)O)(CC(=O)O)C(C)C. The van der Waals surface area contributed by atoms with E-state index in [9.17, 15) is 14.7 Å². The van der Waals surface area contributed by atoms with Crippen LogP contribution in [0, 0.1) is 17.3 Å². The molecule has 22 heavy (non-hydrogen) atoms. The summed E-state index contributed by atoms with van der Waals surface area (Å²) in [6.07, 6.45) is 7.56. The van der Waals surface area contributed by atoms with Gasteiger partial charge in [0.1, 0.15) is 0 Å². The van der Waals surface area contributed by atoms with E-state index in [0.717, 1.165) is 44.9 Å². The van der Waals surface area contributed by atoms with Crippen molar-refractivity contribution in [2.24, 2.45) is 17.3 Å². The zero-order chi connectivity index (χ0) is 17.2. The zero-order valence-electron chi connectivity index (χ0n) is 14.7. The van der Waals surface area contributed by atoms with E-state index in [1.807, 2.05) is 0 Å². The van der Waals surface area contributed by atoms with Gasteiger partial charge in [0.2, 0.25) is 0 Å². The van der Waals surface area contributed by atoms with Crippen LogP contribution in [0.15, 0.2) is 0 Å². The molecule has 0 aliphatic heterocycles. The molecule has 0 aromatic heterocycles. The van der Waals surface area contributed by atoms with Crippen LogP contribution in [0.2, 0.25) is 0 Å². The van der Waals surface area contributed by atoms with Crippen LogP contribution in [-0.4, -0.2) is 22.2 Å². The first kappa shape index (κ1) is 20.9. The summed E-state index contributed by atoms with van der Waals surface area (Å²) in [7, 11) is 0. The molecule has 4 nitrogen and oxygen atoms in total. The molecule has 0 rings (SSSR count). The van der Waals surface area contributed by atoms with E-state index in [4.69, 9.17) is 5.11 Å². The molecule has 0 amide bonds. The van der Waals surface area contributed by atoms with Crippen LogP contribution >= 0.6 is 0 Å². The second kappa shape index (κ2) is 10.6. The lowest BCUT2D eigenvalue weighted by atomic mass is 9.64. The van der Waals surface area contributed by atoms with E-state index in [-0.39, 0.29) is 18.3 Å². The van der Waals surface area contributed by atoms with Gasteiger partial charge in [0.15, 0.2) is 0 Å². The molecule has 0 saturated carbocycles. The topological polar surface area (TPSA) is 74.6 Å². The zero-order valence-corrected chi connectivity index (χ0v) is 14.7. The number of hydrogen-bond acceptors (Lipinski definition) is 2. The minimum Gasteiger partial charge on any atom is -0.481 e. The molecule has 0 bridgehead atoms. The summed E-state index contributed by atoms with van der Waals surface area (Å²) in [5.41, 5.74) is -0.116. The fraction of sp³-hybridized carbons (Fsp3) is 0.889. The van der Waals surface area contributed by atoms with Crippen molar-refractivity contribution >= 4 is 11.9 Å². The molecule has 0 aromatic rings. The van der Waals surface area contributed by atoms with Crippen LogP contribution in [-0.2, 0) is 9.59 Å². The van der Waals surface area contributed by atoms with Gasteiger partial charge < -0.3 is 10.2 Å². The van der Waals surface area contributed by atoms with Gasteiger partial charge in [-0.3, -0.25) is 9.59 Å². The van der Waals surface area contributed by atoms with Crippen molar-refractivity contribution < 1.29 is 19.8 Å². The molecule has 2 N–H and O–H groups in total. The minimum atomic E-state index is -0.715. The number of hydrogen-bond donors (Lipinski definition) is 2. The van der Waals surface area contributed by atoms with Gasteiger partial charge in [-0.05, 0) is 30.1 Å². The van der Waals surface area contributed by atoms with Gasteiger partial charge in [0.25, 0.3) is 0 Å². The van der Waals surface area contributed by atoms with Crippen molar-refractivity contribution in [1.82, 2.24) is 0 Å². The van der Waals surface area contributed by atoms with Crippen LogP contribution in [0.3, 0.4) is 0 Å². The van der Waals surface area contributed by atoms with E-state index in [1.54, 1.807) is 0 Å². The lowest BCUT2D eigenvalue weighted by molar-refractivity contribution is -0.142. The van der Waals surface area contributed by atoms with Gasteiger partial charge in [-0.25, -0.2) is 0 Å². The Labute approximate surface area is 135 Å². The Morgan fingerprint density at radius 3 is 1.64 bits per heavy atom. The molecule has 4 heteroatoms. The standard InChI is InChI=1S/C18H34O4/c1-14(2)18(15(3)4,13-17(21)22)12-10-8-6-5-7-9-11-16(19)20/h14-15H,5-13H2,1-4H3,(H,19,20)(H,21,22). The Morgan fingerprint density at radius 2 is 1.23 bits per heavy atom. The maximum atomic E-state index is 11.2. The maximum absolute atomic E-state index is 11.2. The summed E-state index contributed by atoms with van der Waals surface area (Å²) in [6, 6.07) is 0. The van der Waals surface area contributed by atoms with Crippen LogP contribution in [0.25, 0.3) is 0 Å². The van der Waals surface area contributed by atoms with E-state index in [0.29, 0.717) is 11.8 Å². The second-order valence-corrected chi connectivity index (χ2v) is 7.13. The lowest BCUT2D eigenvalue weighted by Crippen LogP contribution is -2.35. The highest BCUT2D eigenvalue weighted by atomic mass is 16.4. The van der Waals surface area contributed by atoms with Gasteiger partial charge in [0.05, 0.1) is 6.42 Å². The van der Waals surface area contributed by atoms with Crippen LogP contribution < -0.4 is 0 Å². The van der Waals surface area contributed by atoms with E-state index < -0.39 is 11.9 Å². The third kappa shape index (κ3) is 7.81. The highest BCUT2D eigenvalue weighted by Crippen LogP contribution is 2.44. The van der Waals surface area contributed by atoms with Crippen molar-refractivity contribution in [3.05, 3.63) is 0 Å². The smallest absolute Gasteiger partial charge is 0.303 e. The summed E-state index contributed by atoms with van der Waals surface area (Å²) >= 11 is 0. The molecule has 0 aliphatic carbocycles. The second-order valence-electron chi connectivity index (χ2n) is 7.13. The third-order valence-electron chi connectivity index (χ3n) is 5.06. The summed E-state index contributed by atoms with van der Waals surface area (Å²) < 4.78 is 0. The number of carboxylic acids is 2. The summed E-state index contributed by atoms with van der Waals surface area (Å²) in [6.45, 7) is 8.54. The lowest BCUT2D eigenvalue weighted by Gasteiger charge is -2.40. The number of unbranched alkanes of at least 4 members (excludes halogenated alkanes) is 5. The number of aliphatic carboxylic acids is 2. The van der Waals surface area contributed by atoms with Crippen molar-refractivity contribution in [3.63, 3.8) is 0 Å². The monoisotopic (exact) mass is 314 g/mol. The first-order valence-electron chi connectivity index (χ1n) is 8.66. The van der Waals surface area contributed by atoms with Gasteiger partial charge in [-0.15, -0.1) is 0 Å². The van der Waals surface area contributed by atoms with Gasteiger partial charge >= 0.3 is 11.9 Å². The van der Waals surface area contributed by atoms with Crippen LogP contribution in [0.5, 0.6) is 0 Å². The highest BCUT2D eigenvalue weighted by Gasteiger charge is 2.38. The molecule has 0 fully saturated rings. The van der Waals surface area contributed by atoms with Crippen molar-refractivity contribution in [1.29, 1.82) is 0 Å². The molecule has 0 spiro atoms. The largest absolute Gasteiger partial charge is 0.481 e. The third-order valence-corrected chi connectivity index (χ3v) is 5.06. The molecule has 0 saturated heterocycles. The van der Waals surface area contributed by atoms with Gasteiger partial charge in [0, 0.05) is 6.42 Å². The van der Waals surface area contributed by atoms with Crippen molar-refractivity contribution in [3.8, 4) is 0 Å². The Kier molecular flexibility index (Phi) is 10.1. The van der Waals surface area contributed by atoms with E-state index >= 15 is 0 Å². The fourth-order valence-corrected chi connectivity index (χ4v) is 3.46. The molecule has 0 aromatic carbocycles. The molecule has 0 aliphatic rings. The van der Waals surface area contributed by atoms with Gasteiger partial charge in [-0.2, -0.15) is 0 Å². The predicted octanol–water partition coefficient (Wildman–Crippen LogP) is 4.96. The normalized spacial score (nSPS) is 12.1. The minimum absolute atomic E-state index is 0.116. The average Bonchev–Trinajstić information content (AvgIpc) is 2.38. The molecule has 130 valence electrons. The van der Waals surface area contributed by atoms with Crippen LogP contribution in [0.1, 0.15) is 85.5 Å². The summed E-state index contributed by atoms with van der Waals surface area (Å²) in [5.74, 6) is -0.693. The molecule has 0 atom stereocenters. The Bertz CT molecular complexity index is 326. The van der Waals surface area contributed by atoms with Crippen molar-refractivity contribution in [2.45, 2.75) is 85.5 Å². The molecular formula is C18H34O4. The molecule has 0 heterocycles. The Balaban J connectivity index is 4.14. The molecule has 0 unspecified atom stereocenters. The van der Waals surface area contributed by atoms with E-state index in [2.05, 4.69) is 27.7 Å². The van der Waals surface area contributed by atoms with Crippen LogP contribution in [0.4, 0.5) is 0 Å². The Morgan fingerprint density at radius 1 is 0.773 bits per heavy atom. The number of rotatable bonds is 13. The predicted molar refractivity (Wildman–Crippen MR) is 88.9 cm³/mol. The number of carbonyl (C=O) groups is 2. The van der Waals surface area contributed by atoms with Crippen molar-refractivity contribution in [2.75, 3.05) is 0 Å². The fourth-order valence-electron chi connectivity index (χ4n) is 3.46. The maximum Gasteiger partial charge on any atom is 0.303 e. The average molecular weight is 314 g/mol. The number of carboxylic acid groups (broad SMARTS) is 2. The van der Waals surface area contributed by atoms with E-state index in [1.165, 1.54) is 0 Å². The summed E-state index contributed by atoms with van der Waals surface area (Å²) in [4.78, 5) is 21.7.